The molecule has 0 fully saturated rings. The van der Waals surface area contributed by atoms with Crippen molar-refractivity contribution < 1.29 is 18.8 Å². The topological polar surface area (TPSA) is 83.6 Å². The minimum atomic E-state index is -0.702. The van der Waals surface area contributed by atoms with E-state index < -0.39 is 11.5 Å². The number of methoxy groups -OCH3 is 1. The van der Waals surface area contributed by atoms with E-state index in [0.717, 1.165) is 5.56 Å². The van der Waals surface area contributed by atoms with Gasteiger partial charge >= 0.3 is 5.97 Å². The van der Waals surface area contributed by atoms with Gasteiger partial charge in [0.2, 0.25) is 0 Å². The molecule has 0 aliphatic heterocycles. The van der Waals surface area contributed by atoms with Gasteiger partial charge in [0.15, 0.2) is 5.76 Å². The fourth-order valence-electron chi connectivity index (χ4n) is 2.26. The molecule has 0 atom stereocenters. The molecule has 0 bridgehead atoms. The van der Waals surface area contributed by atoms with Crippen LogP contribution in [0.1, 0.15) is 16.1 Å². The second kappa shape index (κ2) is 7.04. The molecule has 0 amide bonds. The number of pyridine rings is 1. The van der Waals surface area contributed by atoms with E-state index in [1.54, 1.807) is 32.5 Å². The number of hydrogen-bond acceptors (Lipinski definition) is 6. The van der Waals surface area contributed by atoms with E-state index in [4.69, 9.17) is 14.0 Å². The predicted octanol–water partition coefficient (Wildman–Crippen LogP) is 2.41. The summed E-state index contributed by atoms with van der Waals surface area (Å²) < 4.78 is 16.9. The number of carbonyl (C=O) groups excluding carboxylic acids is 1. The molecule has 3 rings (SSSR count). The van der Waals surface area contributed by atoms with E-state index in [0.29, 0.717) is 17.2 Å². The molecule has 0 unspecified atom stereocenters. The molecule has 0 aliphatic rings. The van der Waals surface area contributed by atoms with Crippen LogP contribution >= 0.6 is 0 Å². The summed E-state index contributed by atoms with van der Waals surface area (Å²) in [7, 11) is 3.15. The van der Waals surface area contributed by atoms with Gasteiger partial charge in [-0.15, -0.1) is 0 Å². The Morgan fingerprint density at radius 3 is 2.88 bits per heavy atom. The first-order chi connectivity index (χ1) is 12.1. The summed E-state index contributed by atoms with van der Waals surface area (Å²) in [5, 5.41) is 3.88. The smallest absolute Gasteiger partial charge is 0.344 e. The molecule has 0 saturated carbocycles. The lowest BCUT2D eigenvalue weighted by molar-refractivity contribution is 0.0461. The van der Waals surface area contributed by atoms with E-state index in [9.17, 15) is 9.59 Å². The van der Waals surface area contributed by atoms with Gasteiger partial charge in [0, 0.05) is 24.9 Å². The van der Waals surface area contributed by atoms with Crippen molar-refractivity contribution in [2.45, 2.75) is 6.61 Å². The van der Waals surface area contributed by atoms with Crippen LogP contribution in [-0.4, -0.2) is 22.8 Å². The maximum Gasteiger partial charge on any atom is 0.344 e. The summed E-state index contributed by atoms with van der Waals surface area (Å²) in [5.74, 6) is 0.523. The standard InChI is InChI=1S/C18H16N2O5/c1-20-8-4-7-15(17(20)21)18(22)24-11-13-10-16(25-19-13)12-5-3-6-14(9-12)23-2/h3-10H,11H2,1-2H3. The van der Waals surface area contributed by atoms with Crippen molar-refractivity contribution in [3.63, 3.8) is 0 Å². The van der Waals surface area contributed by atoms with Crippen molar-refractivity contribution in [1.29, 1.82) is 0 Å². The Morgan fingerprint density at radius 1 is 1.24 bits per heavy atom. The Labute approximate surface area is 143 Å². The SMILES string of the molecule is COc1cccc(-c2cc(COC(=O)c3cccn(C)c3=O)no2)c1. The van der Waals surface area contributed by atoms with Crippen LogP contribution in [-0.2, 0) is 18.4 Å². The van der Waals surface area contributed by atoms with Gasteiger partial charge < -0.3 is 18.6 Å². The van der Waals surface area contributed by atoms with Crippen LogP contribution in [0.2, 0.25) is 0 Å². The third kappa shape index (κ3) is 3.60. The molecule has 25 heavy (non-hydrogen) atoms. The molecule has 128 valence electrons. The molecule has 0 spiro atoms. The molecule has 3 aromatic rings. The number of esters is 1. The van der Waals surface area contributed by atoms with Gasteiger partial charge in [-0.3, -0.25) is 4.79 Å². The van der Waals surface area contributed by atoms with Crippen LogP contribution in [0.3, 0.4) is 0 Å². The molecule has 7 nitrogen and oxygen atoms in total. The van der Waals surface area contributed by atoms with Gasteiger partial charge in [-0.2, -0.15) is 0 Å². The van der Waals surface area contributed by atoms with E-state index in [1.165, 1.54) is 10.6 Å². The first-order valence-corrected chi connectivity index (χ1v) is 7.51. The third-order valence-corrected chi connectivity index (χ3v) is 3.61. The van der Waals surface area contributed by atoms with E-state index in [2.05, 4.69) is 5.16 Å². The van der Waals surface area contributed by atoms with Crippen molar-refractivity contribution in [3.05, 3.63) is 70.3 Å². The number of ether oxygens (including phenoxy) is 2. The number of nitrogens with zero attached hydrogens (tertiary/aromatic N) is 2. The molecule has 2 aromatic heterocycles. The zero-order valence-corrected chi connectivity index (χ0v) is 13.8. The highest BCUT2D eigenvalue weighted by molar-refractivity contribution is 5.88. The van der Waals surface area contributed by atoms with E-state index >= 15 is 0 Å². The van der Waals surface area contributed by atoms with E-state index in [-0.39, 0.29) is 12.2 Å². The Bertz CT molecular complexity index is 958. The summed E-state index contributed by atoms with van der Waals surface area (Å²) in [6.07, 6.45) is 1.57. The van der Waals surface area contributed by atoms with Gasteiger partial charge in [-0.25, -0.2) is 4.79 Å². The summed E-state index contributed by atoms with van der Waals surface area (Å²) in [4.78, 5) is 23.9. The Balaban J connectivity index is 1.70. The summed E-state index contributed by atoms with van der Waals surface area (Å²) in [6, 6.07) is 12.0. The highest BCUT2D eigenvalue weighted by atomic mass is 16.5. The second-order valence-electron chi connectivity index (χ2n) is 5.33. The second-order valence-corrected chi connectivity index (χ2v) is 5.33. The Morgan fingerprint density at radius 2 is 2.08 bits per heavy atom. The molecular weight excluding hydrogens is 324 g/mol. The van der Waals surface area contributed by atoms with Crippen molar-refractivity contribution in [3.8, 4) is 17.1 Å². The maximum absolute atomic E-state index is 12.0. The van der Waals surface area contributed by atoms with Gasteiger partial charge in [0.1, 0.15) is 23.6 Å². The lowest BCUT2D eigenvalue weighted by Crippen LogP contribution is -2.24. The molecule has 0 aliphatic carbocycles. The minimum Gasteiger partial charge on any atom is -0.497 e. The van der Waals surface area contributed by atoms with E-state index in [1.807, 2.05) is 24.3 Å². The largest absolute Gasteiger partial charge is 0.497 e. The number of aryl methyl sites for hydroxylation is 1. The van der Waals surface area contributed by atoms with Crippen molar-refractivity contribution in [2.24, 2.45) is 7.05 Å². The van der Waals surface area contributed by atoms with Gasteiger partial charge in [-0.1, -0.05) is 17.3 Å². The van der Waals surface area contributed by atoms with Crippen molar-refractivity contribution in [2.75, 3.05) is 7.11 Å². The monoisotopic (exact) mass is 340 g/mol. The number of carbonyl (C=O) groups is 1. The van der Waals surface area contributed by atoms with Gasteiger partial charge in [-0.05, 0) is 24.3 Å². The summed E-state index contributed by atoms with van der Waals surface area (Å²) in [5.41, 5.74) is 0.798. The average molecular weight is 340 g/mol. The summed E-state index contributed by atoms with van der Waals surface area (Å²) >= 11 is 0. The molecule has 2 heterocycles. The maximum atomic E-state index is 12.0. The minimum absolute atomic E-state index is 0.0264. The van der Waals surface area contributed by atoms with Crippen molar-refractivity contribution >= 4 is 5.97 Å². The molecule has 0 saturated heterocycles. The first kappa shape index (κ1) is 16.5. The van der Waals surface area contributed by atoms with Crippen LogP contribution < -0.4 is 10.3 Å². The number of hydrogen-bond donors (Lipinski definition) is 0. The van der Waals surface area contributed by atoms with Crippen LogP contribution in [0.25, 0.3) is 11.3 Å². The first-order valence-electron chi connectivity index (χ1n) is 7.51. The molecule has 7 heteroatoms. The van der Waals surface area contributed by atoms with Crippen LogP contribution in [0.15, 0.2) is 58.0 Å². The fourth-order valence-corrected chi connectivity index (χ4v) is 2.26. The Hall–Kier alpha value is -3.35. The highest BCUT2D eigenvalue weighted by Crippen LogP contribution is 2.24. The van der Waals surface area contributed by atoms with Crippen LogP contribution in [0, 0.1) is 0 Å². The molecule has 1 aromatic carbocycles. The third-order valence-electron chi connectivity index (χ3n) is 3.61. The number of aromatic nitrogens is 2. The van der Waals surface area contributed by atoms with Crippen LogP contribution in [0.4, 0.5) is 0 Å². The Kier molecular flexibility index (Phi) is 4.65. The lowest BCUT2D eigenvalue weighted by Gasteiger charge is -2.03. The zero-order valence-electron chi connectivity index (χ0n) is 13.8. The summed E-state index contributed by atoms with van der Waals surface area (Å²) in [6.45, 7) is -0.0929. The average Bonchev–Trinajstić information content (AvgIpc) is 3.11. The van der Waals surface area contributed by atoms with Gasteiger partial charge in [0.25, 0.3) is 5.56 Å². The van der Waals surface area contributed by atoms with Crippen LogP contribution in [0.5, 0.6) is 5.75 Å². The van der Waals surface area contributed by atoms with Crippen molar-refractivity contribution in [1.82, 2.24) is 9.72 Å². The number of benzene rings is 1. The van der Waals surface area contributed by atoms with Gasteiger partial charge in [0.05, 0.1) is 7.11 Å². The zero-order chi connectivity index (χ0) is 17.8. The normalized spacial score (nSPS) is 10.5. The molecule has 0 radical (unpaired) electrons. The number of rotatable bonds is 5. The lowest BCUT2D eigenvalue weighted by atomic mass is 10.1. The molecule has 0 N–H and O–H groups in total. The molecular formula is C18H16N2O5. The highest BCUT2D eigenvalue weighted by Gasteiger charge is 2.14. The predicted molar refractivity (Wildman–Crippen MR) is 89.3 cm³/mol. The quantitative estimate of drug-likeness (QED) is 0.663. The fraction of sp³-hybridized carbons (Fsp3) is 0.167.